The van der Waals surface area contributed by atoms with E-state index in [4.69, 9.17) is 4.74 Å². The van der Waals surface area contributed by atoms with Crippen molar-refractivity contribution in [3.8, 4) is 5.75 Å². The predicted octanol–water partition coefficient (Wildman–Crippen LogP) is 3.98. The Morgan fingerprint density at radius 1 is 1.44 bits per heavy atom. The molecule has 16 heavy (non-hydrogen) atoms. The van der Waals surface area contributed by atoms with Crippen LogP contribution in [0.1, 0.15) is 19.3 Å². The maximum atomic E-state index is 5.20. The Balaban J connectivity index is 2.06. The van der Waals surface area contributed by atoms with Crippen LogP contribution in [0, 0.1) is 0 Å². The lowest BCUT2D eigenvalue weighted by molar-refractivity contribution is 0.412. The van der Waals surface area contributed by atoms with E-state index in [1.54, 1.807) is 7.11 Å². The molecule has 0 spiro atoms. The molecule has 1 N–H and O–H groups in total. The first-order valence-electron chi connectivity index (χ1n) is 5.56. The molecule has 2 rings (SSSR count). The molecular formula is C13H16BrNO. The number of hydrogen-bond donors (Lipinski definition) is 1. The van der Waals surface area contributed by atoms with Gasteiger partial charge in [-0.2, -0.15) is 0 Å². The van der Waals surface area contributed by atoms with Crippen LogP contribution < -0.4 is 10.1 Å². The zero-order valence-electron chi connectivity index (χ0n) is 9.37. The second-order valence-corrected chi connectivity index (χ2v) is 4.81. The fourth-order valence-corrected chi connectivity index (χ4v) is 2.44. The summed E-state index contributed by atoms with van der Waals surface area (Å²) in [5.41, 5.74) is 1.13. The SMILES string of the molecule is COc1ccc(NC2C=CCCC2)cc1Br. The Morgan fingerprint density at radius 2 is 2.31 bits per heavy atom. The van der Waals surface area contributed by atoms with Crippen LogP contribution >= 0.6 is 15.9 Å². The molecule has 1 aliphatic rings. The van der Waals surface area contributed by atoms with Gasteiger partial charge in [-0.25, -0.2) is 0 Å². The van der Waals surface area contributed by atoms with Crippen LogP contribution in [-0.4, -0.2) is 13.2 Å². The highest BCUT2D eigenvalue weighted by molar-refractivity contribution is 9.10. The van der Waals surface area contributed by atoms with Gasteiger partial charge in [-0.3, -0.25) is 0 Å². The number of allylic oxidation sites excluding steroid dienone is 1. The van der Waals surface area contributed by atoms with Crippen LogP contribution in [0.15, 0.2) is 34.8 Å². The summed E-state index contributed by atoms with van der Waals surface area (Å²) in [6.07, 6.45) is 8.19. The first kappa shape index (κ1) is 11.5. The molecule has 0 fully saturated rings. The first-order valence-corrected chi connectivity index (χ1v) is 6.35. The lowest BCUT2D eigenvalue weighted by Gasteiger charge is -2.19. The Labute approximate surface area is 105 Å². The van der Waals surface area contributed by atoms with Crippen LogP contribution in [0.25, 0.3) is 0 Å². The van der Waals surface area contributed by atoms with Crippen LogP contribution in [0.4, 0.5) is 5.69 Å². The smallest absolute Gasteiger partial charge is 0.133 e. The zero-order valence-corrected chi connectivity index (χ0v) is 11.0. The molecule has 1 unspecified atom stereocenters. The molecule has 1 aromatic carbocycles. The van der Waals surface area contributed by atoms with Crippen LogP contribution in [0.3, 0.4) is 0 Å². The average Bonchev–Trinajstić information content (AvgIpc) is 2.31. The average molecular weight is 282 g/mol. The predicted molar refractivity (Wildman–Crippen MR) is 71.1 cm³/mol. The number of methoxy groups -OCH3 is 1. The van der Waals surface area contributed by atoms with Gasteiger partial charge < -0.3 is 10.1 Å². The number of ether oxygens (including phenoxy) is 1. The minimum Gasteiger partial charge on any atom is -0.496 e. The van der Waals surface area contributed by atoms with Crippen molar-refractivity contribution in [2.24, 2.45) is 0 Å². The summed E-state index contributed by atoms with van der Waals surface area (Å²) in [5, 5.41) is 3.50. The van der Waals surface area contributed by atoms with E-state index < -0.39 is 0 Å². The van der Waals surface area contributed by atoms with Gasteiger partial charge in [0.2, 0.25) is 0 Å². The number of nitrogens with one attached hydrogen (secondary N) is 1. The molecule has 0 saturated carbocycles. The third-order valence-electron chi connectivity index (χ3n) is 2.76. The van der Waals surface area contributed by atoms with E-state index in [0.29, 0.717) is 6.04 Å². The molecule has 1 aromatic rings. The van der Waals surface area contributed by atoms with Gasteiger partial charge in [0.25, 0.3) is 0 Å². The Kier molecular flexibility index (Phi) is 3.88. The molecule has 3 heteroatoms. The van der Waals surface area contributed by atoms with Crippen molar-refractivity contribution in [3.63, 3.8) is 0 Å². The van der Waals surface area contributed by atoms with E-state index in [2.05, 4.69) is 39.5 Å². The Bertz CT molecular complexity index is 390. The molecule has 0 radical (unpaired) electrons. The van der Waals surface area contributed by atoms with E-state index in [-0.39, 0.29) is 0 Å². The normalized spacial score (nSPS) is 19.5. The maximum Gasteiger partial charge on any atom is 0.133 e. The van der Waals surface area contributed by atoms with Crippen molar-refractivity contribution >= 4 is 21.6 Å². The highest BCUT2D eigenvalue weighted by Gasteiger charge is 2.08. The number of benzene rings is 1. The number of halogens is 1. The van der Waals surface area contributed by atoms with Crippen molar-refractivity contribution in [1.82, 2.24) is 0 Å². The number of hydrogen-bond acceptors (Lipinski definition) is 2. The van der Waals surface area contributed by atoms with Crippen LogP contribution in [0.5, 0.6) is 5.75 Å². The summed E-state index contributed by atoms with van der Waals surface area (Å²) in [6, 6.07) is 6.54. The standard InChI is InChI=1S/C13H16BrNO/c1-16-13-8-7-11(9-12(13)14)15-10-5-3-2-4-6-10/h3,5,7-10,15H,2,4,6H2,1H3. The highest BCUT2D eigenvalue weighted by atomic mass is 79.9. The van der Waals surface area contributed by atoms with Gasteiger partial charge in [0.05, 0.1) is 11.6 Å². The molecular weight excluding hydrogens is 266 g/mol. The topological polar surface area (TPSA) is 21.3 Å². The van der Waals surface area contributed by atoms with Crippen molar-refractivity contribution in [3.05, 3.63) is 34.8 Å². The summed E-state index contributed by atoms with van der Waals surface area (Å²) in [4.78, 5) is 0. The molecule has 0 amide bonds. The molecule has 0 heterocycles. The van der Waals surface area contributed by atoms with E-state index in [0.717, 1.165) is 15.9 Å². The van der Waals surface area contributed by atoms with Crippen molar-refractivity contribution in [2.75, 3.05) is 12.4 Å². The Morgan fingerprint density at radius 3 is 2.94 bits per heavy atom. The summed E-state index contributed by atoms with van der Waals surface area (Å²) in [5.74, 6) is 0.865. The number of anilines is 1. The van der Waals surface area contributed by atoms with E-state index in [9.17, 15) is 0 Å². The van der Waals surface area contributed by atoms with E-state index >= 15 is 0 Å². The third kappa shape index (κ3) is 2.79. The van der Waals surface area contributed by atoms with E-state index in [1.807, 2.05) is 12.1 Å². The van der Waals surface area contributed by atoms with Gasteiger partial charge in [0, 0.05) is 11.7 Å². The highest BCUT2D eigenvalue weighted by Crippen LogP contribution is 2.28. The van der Waals surface area contributed by atoms with Crippen molar-refractivity contribution in [1.29, 1.82) is 0 Å². The molecule has 0 bridgehead atoms. The lowest BCUT2D eigenvalue weighted by Crippen LogP contribution is -2.18. The van der Waals surface area contributed by atoms with Crippen LogP contribution in [-0.2, 0) is 0 Å². The minimum atomic E-state index is 0.467. The van der Waals surface area contributed by atoms with Crippen LogP contribution in [0.2, 0.25) is 0 Å². The third-order valence-corrected chi connectivity index (χ3v) is 3.38. The summed E-state index contributed by atoms with van der Waals surface area (Å²) in [7, 11) is 1.68. The van der Waals surface area contributed by atoms with Gasteiger partial charge >= 0.3 is 0 Å². The molecule has 1 atom stereocenters. The van der Waals surface area contributed by atoms with Gasteiger partial charge in [0.15, 0.2) is 0 Å². The summed E-state index contributed by atoms with van der Waals surface area (Å²) < 4.78 is 6.19. The largest absolute Gasteiger partial charge is 0.496 e. The molecule has 86 valence electrons. The first-order chi connectivity index (χ1) is 7.79. The van der Waals surface area contributed by atoms with Crippen molar-refractivity contribution < 1.29 is 4.74 Å². The second kappa shape index (κ2) is 5.39. The van der Waals surface area contributed by atoms with Gasteiger partial charge in [0.1, 0.15) is 5.75 Å². The monoisotopic (exact) mass is 281 g/mol. The maximum absolute atomic E-state index is 5.20. The molecule has 1 aliphatic carbocycles. The fourth-order valence-electron chi connectivity index (χ4n) is 1.90. The lowest BCUT2D eigenvalue weighted by atomic mass is 10.0. The second-order valence-electron chi connectivity index (χ2n) is 3.96. The quantitative estimate of drug-likeness (QED) is 0.847. The minimum absolute atomic E-state index is 0.467. The molecule has 0 saturated heterocycles. The fraction of sp³-hybridized carbons (Fsp3) is 0.385. The van der Waals surface area contributed by atoms with Gasteiger partial charge in [-0.1, -0.05) is 12.2 Å². The van der Waals surface area contributed by atoms with Crippen molar-refractivity contribution in [2.45, 2.75) is 25.3 Å². The Hall–Kier alpha value is -0.960. The molecule has 0 aliphatic heterocycles. The van der Waals surface area contributed by atoms with Gasteiger partial charge in [-0.05, 0) is 53.4 Å². The summed E-state index contributed by atoms with van der Waals surface area (Å²) in [6.45, 7) is 0. The number of rotatable bonds is 3. The molecule has 2 nitrogen and oxygen atoms in total. The zero-order chi connectivity index (χ0) is 11.4. The van der Waals surface area contributed by atoms with E-state index in [1.165, 1.54) is 19.3 Å². The van der Waals surface area contributed by atoms with Gasteiger partial charge in [-0.15, -0.1) is 0 Å². The summed E-state index contributed by atoms with van der Waals surface area (Å²) >= 11 is 3.49. The molecule has 0 aromatic heterocycles.